The van der Waals surface area contributed by atoms with Crippen molar-refractivity contribution in [3.8, 4) is 0 Å². The molecule has 2 aromatic rings. The molecule has 2 N–H and O–H groups in total. The minimum absolute atomic E-state index is 0.346. The van der Waals surface area contributed by atoms with Crippen molar-refractivity contribution >= 4 is 5.96 Å². The normalized spacial score (nSPS) is 16.0. The van der Waals surface area contributed by atoms with Crippen molar-refractivity contribution in [2.45, 2.75) is 52.0 Å². The van der Waals surface area contributed by atoms with Crippen LogP contribution in [-0.4, -0.2) is 48.9 Å². The number of imidazole rings is 1. The fraction of sp³-hybridized carbons (Fsp3) is 0.583. The minimum Gasteiger partial charge on any atom is -0.382 e. The summed E-state index contributed by atoms with van der Waals surface area (Å²) in [5.41, 5.74) is 1.63. The maximum Gasteiger partial charge on any atom is 0.191 e. The van der Waals surface area contributed by atoms with Crippen LogP contribution in [0.15, 0.2) is 47.7 Å². The minimum atomic E-state index is 0.346. The maximum absolute atomic E-state index is 5.63. The average Bonchev–Trinajstić information content (AvgIpc) is 3.42. The lowest BCUT2D eigenvalue weighted by Gasteiger charge is -2.30. The molecule has 1 aliphatic rings. The third-order valence-electron chi connectivity index (χ3n) is 6.14. The van der Waals surface area contributed by atoms with Crippen LogP contribution in [-0.2, 0) is 17.7 Å². The highest BCUT2D eigenvalue weighted by Crippen LogP contribution is 2.40. The van der Waals surface area contributed by atoms with Gasteiger partial charge in [-0.15, -0.1) is 0 Å². The summed E-state index contributed by atoms with van der Waals surface area (Å²) in [6.07, 6.45) is 11.1. The van der Waals surface area contributed by atoms with E-state index in [4.69, 9.17) is 4.74 Å². The third-order valence-corrected chi connectivity index (χ3v) is 6.14. The monoisotopic (exact) mass is 411 g/mol. The van der Waals surface area contributed by atoms with E-state index in [0.29, 0.717) is 5.41 Å². The lowest BCUT2D eigenvalue weighted by Crippen LogP contribution is -2.44. The Balaban J connectivity index is 1.45. The number of hydrogen-bond donors (Lipinski definition) is 2. The molecule has 1 aromatic carbocycles. The Bertz CT molecular complexity index is 765. The number of nitrogens with zero attached hydrogens (tertiary/aromatic N) is 3. The van der Waals surface area contributed by atoms with Gasteiger partial charge in [-0.2, -0.15) is 0 Å². The molecule has 1 heterocycles. The second-order valence-electron chi connectivity index (χ2n) is 8.21. The zero-order chi connectivity index (χ0) is 21.1. The molecule has 0 unspecified atom stereocenters. The van der Waals surface area contributed by atoms with Crippen molar-refractivity contribution in [3.63, 3.8) is 0 Å². The Hall–Kier alpha value is -2.34. The maximum atomic E-state index is 5.63. The van der Waals surface area contributed by atoms with Gasteiger partial charge in [-0.05, 0) is 37.2 Å². The SMILES string of the molecule is CCOCCC1(CNC(=NC)NCCc2nccn2Cc2ccccc2)CCCC1. The van der Waals surface area contributed by atoms with Crippen molar-refractivity contribution < 1.29 is 4.74 Å². The Labute approximate surface area is 181 Å². The Kier molecular flexibility index (Phi) is 8.75. The van der Waals surface area contributed by atoms with Crippen LogP contribution in [0.4, 0.5) is 0 Å². The van der Waals surface area contributed by atoms with Crippen molar-refractivity contribution in [2.75, 3.05) is 33.4 Å². The van der Waals surface area contributed by atoms with E-state index in [-0.39, 0.29) is 0 Å². The largest absolute Gasteiger partial charge is 0.382 e. The van der Waals surface area contributed by atoms with Crippen LogP contribution < -0.4 is 10.6 Å². The number of guanidine groups is 1. The summed E-state index contributed by atoms with van der Waals surface area (Å²) >= 11 is 0. The third kappa shape index (κ3) is 6.59. The first-order chi connectivity index (χ1) is 14.7. The second-order valence-corrected chi connectivity index (χ2v) is 8.21. The molecule has 0 bridgehead atoms. The van der Waals surface area contributed by atoms with E-state index in [0.717, 1.165) is 57.5 Å². The number of nitrogens with one attached hydrogen (secondary N) is 2. The van der Waals surface area contributed by atoms with Crippen molar-refractivity contribution in [2.24, 2.45) is 10.4 Å². The molecular formula is C24H37N5O. The molecule has 0 atom stereocenters. The van der Waals surface area contributed by atoms with Crippen molar-refractivity contribution in [1.82, 2.24) is 20.2 Å². The quantitative estimate of drug-likeness (QED) is 0.337. The van der Waals surface area contributed by atoms with Crippen molar-refractivity contribution in [1.29, 1.82) is 0 Å². The zero-order valence-electron chi connectivity index (χ0n) is 18.6. The highest BCUT2D eigenvalue weighted by molar-refractivity contribution is 5.79. The molecule has 0 amide bonds. The van der Waals surface area contributed by atoms with Crippen LogP contribution in [0.25, 0.3) is 0 Å². The van der Waals surface area contributed by atoms with Gasteiger partial charge in [0, 0.05) is 58.7 Å². The molecular weight excluding hydrogens is 374 g/mol. The molecule has 6 heteroatoms. The molecule has 0 aliphatic heterocycles. The van der Waals surface area contributed by atoms with Gasteiger partial charge >= 0.3 is 0 Å². The molecule has 164 valence electrons. The summed E-state index contributed by atoms with van der Waals surface area (Å²) in [5.74, 6) is 1.96. The van der Waals surface area contributed by atoms with Gasteiger partial charge in [0.1, 0.15) is 5.82 Å². The summed E-state index contributed by atoms with van der Waals surface area (Å²) in [6, 6.07) is 10.5. The summed E-state index contributed by atoms with van der Waals surface area (Å²) in [6.45, 7) is 6.34. The number of rotatable bonds is 11. The van der Waals surface area contributed by atoms with E-state index in [1.54, 1.807) is 0 Å². The van der Waals surface area contributed by atoms with E-state index < -0.39 is 0 Å². The van der Waals surface area contributed by atoms with Crippen LogP contribution in [0.2, 0.25) is 0 Å². The van der Waals surface area contributed by atoms with E-state index >= 15 is 0 Å². The smallest absolute Gasteiger partial charge is 0.191 e. The van der Waals surface area contributed by atoms with Crippen LogP contribution in [0.3, 0.4) is 0 Å². The van der Waals surface area contributed by atoms with Gasteiger partial charge in [0.25, 0.3) is 0 Å². The van der Waals surface area contributed by atoms with E-state index in [1.807, 2.05) is 19.3 Å². The zero-order valence-corrected chi connectivity index (χ0v) is 18.6. The number of benzene rings is 1. The summed E-state index contributed by atoms with van der Waals surface area (Å²) in [4.78, 5) is 8.97. The summed E-state index contributed by atoms with van der Waals surface area (Å²) in [5, 5.41) is 7.03. The first-order valence-electron chi connectivity index (χ1n) is 11.3. The van der Waals surface area contributed by atoms with Gasteiger partial charge in [-0.25, -0.2) is 4.98 Å². The summed E-state index contributed by atoms with van der Waals surface area (Å²) < 4.78 is 7.85. The molecule has 30 heavy (non-hydrogen) atoms. The van der Waals surface area contributed by atoms with E-state index in [1.165, 1.54) is 31.2 Å². The fourth-order valence-corrected chi connectivity index (χ4v) is 4.35. The van der Waals surface area contributed by atoms with Crippen molar-refractivity contribution in [3.05, 3.63) is 54.1 Å². The lowest BCUT2D eigenvalue weighted by atomic mass is 9.83. The fourth-order valence-electron chi connectivity index (χ4n) is 4.35. The highest BCUT2D eigenvalue weighted by atomic mass is 16.5. The Morgan fingerprint density at radius 1 is 1.20 bits per heavy atom. The number of aromatic nitrogens is 2. The first kappa shape index (κ1) is 22.3. The average molecular weight is 412 g/mol. The predicted octanol–water partition coefficient (Wildman–Crippen LogP) is 3.63. The molecule has 0 radical (unpaired) electrons. The van der Waals surface area contributed by atoms with Gasteiger partial charge in [-0.3, -0.25) is 4.99 Å². The first-order valence-corrected chi connectivity index (χ1v) is 11.3. The number of hydrogen-bond acceptors (Lipinski definition) is 3. The van der Waals surface area contributed by atoms with Crippen LogP contribution in [0, 0.1) is 5.41 Å². The van der Waals surface area contributed by atoms with Crippen LogP contribution >= 0.6 is 0 Å². The number of ether oxygens (including phenoxy) is 1. The predicted molar refractivity (Wildman–Crippen MR) is 123 cm³/mol. The molecule has 6 nitrogen and oxygen atoms in total. The standard InChI is InChI=1S/C24H37N5O/c1-3-30-18-14-24(12-7-8-13-24)20-28-23(25-2)27-15-11-22-26-16-17-29(22)19-21-9-5-4-6-10-21/h4-6,9-10,16-17H,3,7-8,11-15,18-20H2,1-2H3,(H2,25,27,28). The summed E-state index contributed by atoms with van der Waals surface area (Å²) in [7, 11) is 1.84. The molecule has 3 rings (SSSR count). The van der Waals surface area contributed by atoms with E-state index in [9.17, 15) is 0 Å². The Morgan fingerprint density at radius 3 is 2.73 bits per heavy atom. The van der Waals surface area contributed by atoms with Crippen LogP contribution in [0.1, 0.15) is 50.4 Å². The van der Waals surface area contributed by atoms with Crippen LogP contribution in [0.5, 0.6) is 0 Å². The van der Waals surface area contributed by atoms with Gasteiger partial charge in [0.05, 0.1) is 0 Å². The molecule has 1 saturated carbocycles. The molecule has 1 aromatic heterocycles. The number of aliphatic imine (C=N–C) groups is 1. The van der Waals surface area contributed by atoms with E-state index in [2.05, 4.69) is 62.6 Å². The molecule has 1 aliphatic carbocycles. The van der Waals surface area contributed by atoms with Gasteiger partial charge < -0.3 is 19.9 Å². The molecule has 0 saturated heterocycles. The highest BCUT2D eigenvalue weighted by Gasteiger charge is 2.33. The topological polar surface area (TPSA) is 63.5 Å². The molecule has 0 spiro atoms. The Morgan fingerprint density at radius 2 is 2.00 bits per heavy atom. The molecule has 1 fully saturated rings. The van der Waals surface area contributed by atoms with Gasteiger partial charge in [0.2, 0.25) is 0 Å². The van der Waals surface area contributed by atoms with Gasteiger partial charge in [-0.1, -0.05) is 43.2 Å². The lowest BCUT2D eigenvalue weighted by molar-refractivity contribution is 0.105. The van der Waals surface area contributed by atoms with Gasteiger partial charge in [0.15, 0.2) is 5.96 Å². The second kappa shape index (κ2) is 11.7.